The van der Waals surface area contributed by atoms with Crippen molar-refractivity contribution in [2.75, 3.05) is 13.1 Å². The molecule has 0 aliphatic carbocycles. The minimum Gasteiger partial charge on any atom is -0.520 e. The predicted octanol–water partition coefficient (Wildman–Crippen LogP) is 1.52. The maximum absolute atomic E-state index is 10.7. The minimum atomic E-state index is 0. The molecule has 0 aromatic heterocycles. The summed E-state index contributed by atoms with van der Waals surface area (Å²) in [5, 5.41) is 0. The molecule has 15 heavy (non-hydrogen) atoms. The van der Waals surface area contributed by atoms with E-state index in [2.05, 4.69) is 0 Å². The molecular formula is C11H18NO2W-. The zero-order valence-corrected chi connectivity index (χ0v) is 12.1. The van der Waals surface area contributed by atoms with Gasteiger partial charge in [-0.25, -0.2) is 0 Å². The van der Waals surface area contributed by atoms with Crippen LogP contribution >= 0.6 is 0 Å². The molecule has 86 valence electrons. The van der Waals surface area contributed by atoms with Crippen LogP contribution in [-0.4, -0.2) is 30.2 Å². The second-order valence-corrected chi connectivity index (χ2v) is 4.12. The number of hydrogen-bond acceptors (Lipinski definition) is 2. The van der Waals surface area contributed by atoms with Gasteiger partial charge in [-0.05, 0) is 51.6 Å². The summed E-state index contributed by atoms with van der Waals surface area (Å²) < 4.78 is 0. The van der Waals surface area contributed by atoms with Crippen LogP contribution in [0.25, 0.3) is 0 Å². The maximum atomic E-state index is 10.7. The second kappa shape index (κ2) is 8.04. The summed E-state index contributed by atoms with van der Waals surface area (Å²) in [6.07, 6.45) is 6.93. The van der Waals surface area contributed by atoms with E-state index in [1.165, 1.54) is 0 Å². The summed E-state index contributed by atoms with van der Waals surface area (Å²) in [6.45, 7) is 3.33. The molecule has 0 N–H and O–H groups in total. The van der Waals surface area contributed by atoms with Gasteiger partial charge in [-0.2, -0.15) is 6.41 Å². The number of amides is 1. The Kier molecular flexibility index (Phi) is 7.94. The van der Waals surface area contributed by atoms with Crippen LogP contribution in [0.1, 0.15) is 39.0 Å². The molecule has 1 aliphatic heterocycles. The summed E-state index contributed by atoms with van der Waals surface area (Å²) in [6, 6.07) is 0. The maximum Gasteiger partial charge on any atom is 0.129 e. The number of likely N-dealkylation sites (tertiary alicyclic amines) is 1. The summed E-state index contributed by atoms with van der Waals surface area (Å²) in [7, 11) is 0. The molecule has 1 fully saturated rings. The topological polar surface area (TPSA) is 37.4 Å². The van der Waals surface area contributed by atoms with E-state index in [1.54, 1.807) is 11.8 Å². The molecule has 3 nitrogen and oxygen atoms in total. The summed E-state index contributed by atoms with van der Waals surface area (Å²) >= 11 is 0. The molecular weight excluding hydrogens is 362 g/mol. The Morgan fingerprint density at radius 2 is 2.00 bits per heavy atom. The van der Waals surface area contributed by atoms with Crippen molar-refractivity contribution in [1.29, 1.82) is 0 Å². The average molecular weight is 380 g/mol. The number of piperidine rings is 1. The predicted molar refractivity (Wildman–Crippen MR) is 54.5 cm³/mol. The molecule has 1 amide bonds. The van der Waals surface area contributed by atoms with Gasteiger partial charge in [0, 0.05) is 27.5 Å². The normalized spacial score (nSPS) is 17.0. The monoisotopic (exact) mass is 380 g/mol. The average Bonchev–Trinajstić information content (AvgIpc) is 2.18. The Hall–Kier alpha value is -0.172. The molecule has 0 unspecified atom stereocenters. The molecule has 4 heteroatoms. The van der Waals surface area contributed by atoms with E-state index in [0.717, 1.165) is 38.8 Å². The van der Waals surface area contributed by atoms with E-state index >= 15 is 0 Å². The van der Waals surface area contributed by atoms with Crippen LogP contribution in [0.15, 0.2) is 0 Å². The second-order valence-electron chi connectivity index (χ2n) is 4.12. The van der Waals surface area contributed by atoms with Crippen LogP contribution in [0.5, 0.6) is 0 Å². The molecule has 1 heterocycles. The summed E-state index contributed by atoms with van der Waals surface area (Å²) in [5.74, 6) is 0.989. The van der Waals surface area contributed by atoms with Gasteiger partial charge >= 0.3 is 0 Å². The van der Waals surface area contributed by atoms with E-state index in [4.69, 9.17) is 0 Å². The Labute approximate surface area is 106 Å². The van der Waals surface area contributed by atoms with Crippen molar-refractivity contribution in [1.82, 2.24) is 4.90 Å². The Bertz CT molecular complexity index is 201. The van der Waals surface area contributed by atoms with Crippen LogP contribution in [0, 0.1) is 5.92 Å². The number of carbonyl (C=O) groups is 1. The molecule has 0 aromatic rings. The zero-order valence-electron chi connectivity index (χ0n) is 9.20. The SMILES string of the molecule is CC(=O)CCCC1CCN([C-]=O)CC1.[W]. The molecule has 1 saturated heterocycles. The third-order valence-corrected chi connectivity index (χ3v) is 2.88. The molecule has 1 aliphatic rings. The smallest absolute Gasteiger partial charge is 0.129 e. The summed E-state index contributed by atoms with van der Waals surface area (Å²) in [5.41, 5.74) is 0. The van der Waals surface area contributed by atoms with Crippen molar-refractivity contribution in [2.45, 2.75) is 39.0 Å². The number of ketones is 1. The van der Waals surface area contributed by atoms with Gasteiger partial charge in [0.15, 0.2) is 0 Å². The molecule has 0 radical (unpaired) electrons. The fourth-order valence-electron chi connectivity index (χ4n) is 1.95. The van der Waals surface area contributed by atoms with Gasteiger partial charge in [0.1, 0.15) is 5.78 Å². The summed E-state index contributed by atoms with van der Waals surface area (Å²) in [4.78, 5) is 22.8. The third kappa shape index (κ3) is 6.09. The number of carbonyl (C=O) groups excluding carboxylic acids is 2. The molecule has 0 bridgehead atoms. The zero-order chi connectivity index (χ0) is 10.4. The van der Waals surface area contributed by atoms with Gasteiger partial charge in [0.25, 0.3) is 0 Å². The first-order valence-corrected chi connectivity index (χ1v) is 5.34. The first-order valence-electron chi connectivity index (χ1n) is 5.34. The first kappa shape index (κ1) is 14.8. The van der Waals surface area contributed by atoms with Crippen molar-refractivity contribution < 1.29 is 30.7 Å². The van der Waals surface area contributed by atoms with Crippen LogP contribution in [0.3, 0.4) is 0 Å². The number of hydrogen-bond donors (Lipinski definition) is 0. The van der Waals surface area contributed by atoms with E-state index < -0.39 is 0 Å². The van der Waals surface area contributed by atoms with Crippen molar-refractivity contribution in [3.8, 4) is 0 Å². The number of rotatable bonds is 5. The van der Waals surface area contributed by atoms with Crippen molar-refractivity contribution in [3.63, 3.8) is 0 Å². The first-order chi connectivity index (χ1) is 6.72. The Morgan fingerprint density at radius 1 is 1.40 bits per heavy atom. The molecule has 0 spiro atoms. The van der Waals surface area contributed by atoms with Crippen molar-refractivity contribution in [2.24, 2.45) is 5.92 Å². The standard InChI is InChI=1S/C11H18NO2.W/c1-10(14)3-2-4-11-5-7-12(9-13)8-6-11;/h11H,2-8H2,1H3;/q-1;. The minimum absolute atomic E-state index is 0. The largest absolute Gasteiger partial charge is 0.520 e. The fourth-order valence-corrected chi connectivity index (χ4v) is 1.95. The Balaban J connectivity index is 0.00000196. The quantitative estimate of drug-likeness (QED) is 0.679. The molecule has 0 aromatic carbocycles. The Morgan fingerprint density at radius 3 is 2.47 bits per heavy atom. The molecule has 1 rings (SSSR count). The van der Waals surface area contributed by atoms with E-state index in [1.807, 2.05) is 6.41 Å². The van der Waals surface area contributed by atoms with Gasteiger partial charge in [-0.15, -0.1) is 0 Å². The van der Waals surface area contributed by atoms with E-state index in [9.17, 15) is 9.59 Å². The molecule has 0 saturated carbocycles. The van der Waals surface area contributed by atoms with Gasteiger partial charge in [-0.3, -0.25) is 0 Å². The number of nitrogens with zero attached hydrogens (tertiary/aromatic N) is 1. The van der Waals surface area contributed by atoms with Crippen LogP contribution < -0.4 is 0 Å². The van der Waals surface area contributed by atoms with Gasteiger partial charge in [0.05, 0.1) is 0 Å². The van der Waals surface area contributed by atoms with Crippen LogP contribution in [0.2, 0.25) is 0 Å². The van der Waals surface area contributed by atoms with E-state index in [0.29, 0.717) is 12.3 Å². The van der Waals surface area contributed by atoms with Gasteiger partial charge < -0.3 is 14.5 Å². The van der Waals surface area contributed by atoms with Crippen molar-refractivity contribution >= 4 is 12.2 Å². The van der Waals surface area contributed by atoms with E-state index in [-0.39, 0.29) is 26.8 Å². The number of Topliss-reactive ketones (excluding diaryl/α,β-unsaturated/α-hetero) is 1. The van der Waals surface area contributed by atoms with Crippen LogP contribution in [0.4, 0.5) is 0 Å². The molecule has 0 atom stereocenters. The fraction of sp³-hybridized carbons (Fsp3) is 0.818. The third-order valence-electron chi connectivity index (χ3n) is 2.88. The van der Waals surface area contributed by atoms with Gasteiger partial charge in [0.2, 0.25) is 0 Å². The van der Waals surface area contributed by atoms with Gasteiger partial charge in [-0.1, -0.05) is 0 Å². The van der Waals surface area contributed by atoms with Crippen molar-refractivity contribution in [3.05, 3.63) is 0 Å². The van der Waals surface area contributed by atoms with Crippen LogP contribution in [-0.2, 0) is 30.7 Å².